The Kier molecular flexibility index (Phi) is 1.73. The monoisotopic (exact) mass is 174 g/mol. The summed E-state index contributed by atoms with van der Waals surface area (Å²) < 4.78 is 0. The van der Waals surface area contributed by atoms with Crippen molar-refractivity contribution in [2.24, 2.45) is 0 Å². The van der Waals surface area contributed by atoms with E-state index in [9.17, 15) is 0 Å². The number of aryl methyl sites for hydroxylation is 1. The smallest absolute Gasteiger partial charge is 0.119 e. The number of nitrogens with one attached hydrogen (secondary N) is 1. The van der Waals surface area contributed by atoms with E-state index in [0.717, 1.165) is 16.8 Å². The fourth-order valence-corrected chi connectivity index (χ4v) is 1.24. The highest BCUT2D eigenvalue weighted by Crippen LogP contribution is 2.20. The molecule has 0 radical (unpaired) electrons. The topological polar surface area (TPSA) is 67.6 Å². The van der Waals surface area contributed by atoms with E-state index in [4.69, 9.17) is 5.73 Å². The molecule has 13 heavy (non-hydrogen) atoms. The first-order valence-electron chi connectivity index (χ1n) is 3.99. The Labute approximate surface area is 75.8 Å². The van der Waals surface area contributed by atoms with Gasteiger partial charge in [0, 0.05) is 24.0 Å². The quantitative estimate of drug-likeness (QED) is 0.686. The molecule has 0 aliphatic carbocycles. The number of pyridine rings is 1. The molecule has 0 aromatic carbocycles. The summed E-state index contributed by atoms with van der Waals surface area (Å²) in [6, 6.07) is 3.73. The summed E-state index contributed by atoms with van der Waals surface area (Å²) >= 11 is 0. The summed E-state index contributed by atoms with van der Waals surface area (Å²) in [4.78, 5) is 4.01. The molecule has 0 atom stereocenters. The second-order valence-electron chi connectivity index (χ2n) is 2.90. The summed E-state index contributed by atoms with van der Waals surface area (Å²) in [7, 11) is 0. The number of rotatable bonds is 1. The Hall–Kier alpha value is -1.84. The van der Waals surface area contributed by atoms with Crippen LogP contribution in [0.4, 0.5) is 5.82 Å². The molecule has 0 fully saturated rings. The van der Waals surface area contributed by atoms with Crippen LogP contribution < -0.4 is 5.73 Å². The molecular weight excluding hydrogens is 164 g/mol. The Morgan fingerprint density at radius 3 is 2.92 bits per heavy atom. The molecular formula is C9H10N4. The van der Waals surface area contributed by atoms with Gasteiger partial charge >= 0.3 is 0 Å². The van der Waals surface area contributed by atoms with Gasteiger partial charge in [0.1, 0.15) is 5.82 Å². The highest BCUT2D eigenvalue weighted by atomic mass is 15.2. The lowest BCUT2D eigenvalue weighted by Crippen LogP contribution is -1.84. The third-order valence-electron chi connectivity index (χ3n) is 1.89. The van der Waals surface area contributed by atoms with E-state index in [1.54, 1.807) is 12.4 Å². The first kappa shape index (κ1) is 7.79. The van der Waals surface area contributed by atoms with Gasteiger partial charge in [0.25, 0.3) is 0 Å². The van der Waals surface area contributed by atoms with Gasteiger partial charge in [0.2, 0.25) is 0 Å². The third-order valence-corrected chi connectivity index (χ3v) is 1.89. The molecule has 0 unspecified atom stereocenters. The molecule has 2 rings (SSSR count). The molecule has 2 aromatic rings. The lowest BCUT2D eigenvalue weighted by molar-refractivity contribution is 1.10. The standard InChI is InChI=1S/C9H10N4/c1-6-5-11-3-2-7(6)8-4-9(10)13-12-8/h2-5H,1H3,(H3,10,12,13). The minimum absolute atomic E-state index is 0.575. The number of nitrogen functional groups attached to an aromatic ring is 1. The van der Waals surface area contributed by atoms with E-state index in [1.165, 1.54) is 0 Å². The summed E-state index contributed by atoms with van der Waals surface area (Å²) in [5.74, 6) is 0.575. The number of nitrogens with zero attached hydrogens (tertiary/aromatic N) is 2. The van der Waals surface area contributed by atoms with Gasteiger partial charge in [-0.05, 0) is 18.6 Å². The van der Waals surface area contributed by atoms with Gasteiger partial charge < -0.3 is 5.73 Å². The third kappa shape index (κ3) is 1.38. The van der Waals surface area contributed by atoms with Crippen LogP contribution in [-0.2, 0) is 0 Å². The van der Waals surface area contributed by atoms with E-state index in [1.807, 2.05) is 19.1 Å². The molecule has 66 valence electrons. The Morgan fingerprint density at radius 2 is 2.31 bits per heavy atom. The van der Waals surface area contributed by atoms with Crippen molar-refractivity contribution in [1.29, 1.82) is 0 Å². The second-order valence-corrected chi connectivity index (χ2v) is 2.90. The molecule has 0 spiro atoms. The van der Waals surface area contributed by atoms with Crippen molar-refractivity contribution < 1.29 is 0 Å². The molecule has 0 bridgehead atoms. The van der Waals surface area contributed by atoms with Crippen LogP contribution in [-0.4, -0.2) is 15.2 Å². The van der Waals surface area contributed by atoms with Crippen molar-refractivity contribution in [3.63, 3.8) is 0 Å². The number of aromatic nitrogens is 3. The van der Waals surface area contributed by atoms with Gasteiger partial charge in [0.15, 0.2) is 0 Å². The normalized spacial score (nSPS) is 10.2. The van der Waals surface area contributed by atoms with Crippen molar-refractivity contribution in [2.75, 3.05) is 5.73 Å². The Balaban J connectivity index is 2.52. The van der Waals surface area contributed by atoms with Crippen LogP contribution in [0, 0.1) is 6.92 Å². The maximum Gasteiger partial charge on any atom is 0.119 e. The predicted octanol–water partition coefficient (Wildman–Crippen LogP) is 1.36. The molecule has 0 aliphatic rings. The molecule has 0 amide bonds. The molecule has 2 aromatic heterocycles. The number of anilines is 1. The lowest BCUT2D eigenvalue weighted by Gasteiger charge is -1.98. The molecule has 4 heteroatoms. The number of aromatic amines is 1. The van der Waals surface area contributed by atoms with Crippen LogP contribution in [0.2, 0.25) is 0 Å². The van der Waals surface area contributed by atoms with Crippen molar-refractivity contribution >= 4 is 5.82 Å². The predicted molar refractivity (Wildman–Crippen MR) is 51.0 cm³/mol. The van der Waals surface area contributed by atoms with Crippen molar-refractivity contribution in [3.05, 3.63) is 30.1 Å². The number of H-pyrrole nitrogens is 1. The van der Waals surface area contributed by atoms with E-state index in [-0.39, 0.29) is 0 Å². The number of nitrogens with two attached hydrogens (primary N) is 1. The summed E-state index contributed by atoms with van der Waals surface area (Å²) in [5, 5.41) is 6.77. The Morgan fingerprint density at radius 1 is 1.46 bits per heavy atom. The zero-order valence-corrected chi connectivity index (χ0v) is 7.28. The highest BCUT2D eigenvalue weighted by Gasteiger charge is 2.03. The second kappa shape index (κ2) is 2.90. The van der Waals surface area contributed by atoms with Crippen molar-refractivity contribution in [3.8, 4) is 11.3 Å². The molecule has 0 saturated carbocycles. The Bertz CT molecular complexity index is 419. The van der Waals surface area contributed by atoms with Crippen LogP contribution in [0.1, 0.15) is 5.56 Å². The van der Waals surface area contributed by atoms with E-state index in [2.05, 4.69) is 15.2 Å². The summed E-state index contributed by atoms with van der Waals surface area (Å²) in [5.41, 5.74) is 8.54. The van der Waals surface area contributed by atoms with Gasteiger partial charge in [-0.2, -0.15) is 5.10 Å². The first-order chi connectivity index (χ1) is 6.27. The van der Waals surface area contributed by atoms with Crippen LogP contribution in [0.5, 0.6) is 0 Å². The number of hydrogen-bond acceptors (Lipinski definition) is 3. The average molecular weight is 174 g/mol. The minimum Gasteiger partial charge on any atom is -0.384 e. The fourth-order valence-electron chi connectivity index (χ4n) is 1.24. The average Bonchev–Trinajstić information content (AvgIpc) is 2.53. The van der Waals surface area contributed by atoms with Crippen LogP contribution in [0.15, 0.2) is 24.5 Å². The molecule has 2 heterocycles. The van der Waals surface area contributed by atoms with E-state index >= 15 is 0 Å². The van der Waals surface area contributed by atoms with Crippen LogP contribution in [0.3, 0.4) is 0 Å². The maximum atomic E-state index is 5.53. The molecule has 4 nitrogen and oxygen atoms in total. The van der Waals surface area contributed by atoms with Gasteiger partial charge in [-0.3, -0.25) is 10.1 Å². The number of hydrogen-bond donors (Lipinski definition) is 2. The molecule has 0 aliphatic heterocycles. The SMILES string of the molecule is Cc1cnccc1-c1cc(N)[nH]n1. The summed E-state index contributed by atoms with van der Waals surface area (Å²) in [6.07, 6.45) is 3.55. The van der Waals surface area contributed by atoms with Gasteiger partial charge in [-0.1, -0.05) is 0 Å². The van der Waals surface area contributed by atoms with Gasteiger partial charge in [0.05, 0.1) is 5.69 Å². The maximum absolute atomic E-state index is 5.53. The summed E-state index contributed by atoms with van der Waals surface area (Å²) in [6.45, 7) is 1.99. The van der Waals surface area contributed by atoms with E-state index < -0.39 is 0 Å². The van der Waals surface area contributed by atoms with Crippen LogP contribution in [0.25, 0.3) is 11.3 Å². The highest BCUT2D eigenvalue weighted by molar-refractivity contribution is 5.64. The van der Waals surface area contributed by atoms with E-state index in [0.29, 0.717) is 5.82 Å². The van der Waals surface area contributed by atoms with Gasteiger partial charge in [-0.25, -0.2) is 0 Å². The zero-order chi connectivity index (χ0) is 9.26. The molecule has 0 saturated heterocycles. The zero-order valence-electron chi connectivity index (χ0n) is 7.28. The van der Waals surface area contributed by atoms with Crippen molar-refractivity contribution in [1.82, 2.24) is 15.2 Å². The molecule has 3 N–H and O–H groups in total. The largest absolute Gasteiger partial charge is 0.384 e. The first-order valence-corrected chi connectivity index (χ1v) is 3.99. The van der Waals surface area contributed by atoms with Gasteiger partial charge in [-0.15, -0.1) is 0 Å². The lowest BCUT2D eigenvalue weighted by atomic mass is 10.1. The fraction of sp³-hybridized carbons (Fsp3) is 0.111. The minimum atomic E-state index is 0.575. The van der Waals surface area contributed by atoms with Crippen LogP contribution >= 0.6 is 0 Å². The van der Waals surface area contributed by atoms with Crippen molar-refractivity contribution in [2.45, 2.75) is 6.92 Å².